The summed E-state index contributed by atoms with van der Waals surface area (Å²) in [6, 6.07) is 17.0. The summed E-state index contributed by atoms with van der Waals surface area (Å²) in [5.41, 5.74) is 5.84. The molecule has 30 heavy (non-hydrogen) atoms. The van der Waals surface area contributed by atoms with Gasteiger partial charge >= 0.3 is 0 Å². The van der Waals surface area contributed by atoms with E-state index in [4.69, 9.17) is 9.97 Å². The normalized spacial score (nSPS) is 14.6. The van der Waals surface area contributed by atoms with Crippen molar-refractivity contribution in [3.05, 3.63) is 60.8 Å². The van der Waals surface area contributed by atoms with Gasteiger partial charge in [-0.2, -0.15) is 14.9 Å². The topological polar surface area (TPSA) is 91.1 Å². The van der Waals surface area contributed by atoms with Crippen LogP contribution in [0.4, 0.5) is 11.8 Å². The van der Waals surface area contributed by atoms with Crippen molar-refractivity contribution in [2.24, 2.45) is 0 Å². The minimum atomic E-state index is 0.208. The average molecular weight is 401 g/mol. The number of nitrogens with zero attached hydrogens (tertiary/aromatic N) is 5. The van der Waals surface area contributed by atoms with E-state index in [9.17, 15) is 5.11 Å². The molecule has 0 bridgehead atoms. The van der Waals surface area contributed by atoms with Crippen LogP contribution in [0.25, 0.3) is 22.2 Å². The first-order valence-electron chi connectivity index (χ1n) is 10.1. The Balaban J connectivity index is 1.56. The molecule has 0 radical (unpaired) electrons. The number of aromatic hydroxyl groups is 1. The van der Waals surface area contributed by atoms with E-state index in [1.54, 1.807) is 16.9 Å². The van der Waals surface area contributed by atoms with Gasteiger partial charge in [0.2, 0.25) is 5.95 Å². The van der Waals surface area contributed by atoms with Gasteiger partial charge in [-0.3, -0.25) is 5.43 Å². The Morgan fingerprint density at radius 3 is 2.83 bits per heavy atom. The van der Waals surface area contributed by atoms with Crippen LogP contribution in [0.1, 0.15) is 6.42 Å². The highest BCUT2D eigenvalue weighted by atomic mass is 16.3. The SMILES string of the molecule is Oc1cccc(-c2cc(Nn3ncc4ccccc43)nc(N3CCCNCC3)n2)c1. The molecule has 3 heterocycles. The zero-order valence-electron chi connectivity index (χ0n) is 16.5. The van der Waals surface area contributed by atoms with Gasteiger partial charge in [-0.25, -0.2) is 4.98 Å². The smallest absolute Gasteiger partial charge is 0.227 e. The number of fused-ring (bicyclic) bond motifs is 1. The Hall–Kier alpha value is -3.65. The summed E-state index contributed by atoms with van der Waals surface area (Å²) in [4.78, 5) is 13.5. The quantitative estimate of drug-likeness (QED) is 0.484. The standard InChI is InChI=1S/C22H23N7O/c30-18-7-3-6-16(13-18)19-14-21(26-22(25-19)28-11-4-9-23-10-12-28)27-29-20-8-2-1-5-17(20)15-24-29/h1-3,5-8,13-15,23,30H,4,9-12H2,(H,25,26,27). The Bertz CT molecular complexity index is 1170. The number of hydrogen-bond acceptors (Lipinski definition) is 7. The lowest BCUT2D eigenvalue weighted by atomic mass is 10.1. The molecule has 5 rings (SSSR count). The lowest BCUT2D eigenvalue weighted by molar-refractivity contribution is 0.475. The van der Waals surface area contributed by atoms with Crippen molar-refractivity contribution in [3.8, 4) is 17.0 Å². The van der Waals surface area contributed by atoms with Crippen LogP contribution >= 0.6 is 0 Å². The molecule has 152 valence electrons. The molecular formula is C22H23N7O. The summed E-state index contributed by atoms with van der Waals surface area (Å²) in [6.45, 7) is 3.62. The molecule has 1 aliphatic heterocycles. The molecule has 0 unspecified atom stereocenters. The van der Waals surface area contributed by atoms with E-state index in [1.165, 1.54) is 0 Å². The van der Waals surface area contributed by atoms with Gasteiger partial charge in [0.1, 0.15) is 5.75 Å². The van der Waals surface area contributed by atoms with E-state index in [-0.39, 0.29) is 5.75 Å². The summed E-state index contributed by atoms with van der Waals surface area (Å²) in [7, 11) is 0. The molecule has 0 atom stereocenters. The molecule has 2 aromatic carbocycles. The maximum Gasteiger partial charge on any atom is 0.227 e. The summed E-state index contributed by atoms with van der Waals surface area (Å²) in [6.07, 6.45) is 2.85. The van der Waals surface area contributed by atoms with Crippen molar-refractivity contribution in [1.29, 1.82) is 0 Å². The average Bonchev–Trinajstić information content (AvgIpc) is 2.98. The van der Waals surface area contributed by atoms with Crippen LogP contribution in [-0.2, 0) is 0 Å². The number of phenolic OH excluding ortho intramolecular Hbond substituents is 1. The number of aromatic nitrogens is 4. The third-order valence-corrected chi connectivity index (χ3v) is 5.18. The van der Waals surface area contributed by atoms with Crippen molar-refractivity contribution >= 4 is 22.7 Å². The molecule has 4 aromatic rings. The molecule has 1 aliphatic rings. The lowest BCUT2D eigenvalue weighted by Crippen LogP contribution is -2.30. The van der Waals surface area contributed by atoms with Crippen LogP contribution in [0.3, 0.4) is 0 Å². The Labute approximate surface area is 174 Å². The fraction of sp³-hybridized carbons (Fsp3) is 0.227. The summed E-state index contributed by atoms with van der Waals surface area (Å²) >= 11 is 0. The highest BCUT2D eigenvalue weighted by Crippen LogP contribution is 2.26. The van der Waals surface area contributed by atoms with Crippen molar-refractivity contribution in [2.45, 2.75) is 6.42 Å². The number of rotatable bonds is 4. The van der Waals surface area contributed by atoms with Crippen molar-refractivity contribution < 1.29 is 5.11 Å². The summed E-state index contributed by atoms with van der Waals surface area (Å²) in [5, 5.41) is 18.8. The number of phenols is 1. The number of hydrogen-bond donors (Lipinski definition) is 3. The van der Waals surface area contributed by atoms with Crippen molar-refractivity contribution in [3.63, 3.8) is 0 Å². The van der Waals surface area contributed by atoms with Gasteiger partial charge in [-0.15, -0.1) is 0 Å². The minimum Gasteiger partial charge on any atom is -0.508 e. The first-order valence-corrected chi connectivity index (χ1v) is 10.1. The van der Waals surface area contributed by atoms with Crippen molar-refractivity contribution in [1.82, 2.24) is 25.2 Å². The second kappa shape index (κ2) is 8.00. The largest absolute Gasteiger partial charge is 0.508 e. The molecule has 0 amide bonds. The molecule has 1 fully saturated rings. The van der Waals surface area contributed by atoms with Crippen LogP contribution < -0.4 is 15.6 Å². The van der Waals surface area contributed by atoms with Gasteiger partial charge in [0, 0.05) is 36.7 Å². The molecule has 0 spiro atoms. The van der Waals surface area contributed by atoms with E-state index in [0.717, 1.165) is 54.8 Å². The fourth-order valence-electron chi connectivity index (χ4n) is 3.66. The number of para-hydroxylation sites is 1. The Morgan fingerprint density at radius 1 is 0.967 bits per heavy atom. The first-order chi connectivity index (χ1) is 14.8. The van der Waals surface area contributed by atoms with E-state index in [2.05, 4.69) is 20.7 Å². The highest BCUT2D eigenvalue weighted by Gasteiger charge is 2.16. The number of benzene rings is 2. The van der Waals surface area contributed by atoms with Crippen LogP contribution in [-0.4, -0.2) is 51.1 Å². The molecular weight excluding hydrogens is 378 g/mol. The second-order valence-corrected chi connectivity index (χ2v) is 7.31. The van der Waals surface area contributed by atoms with Gasteiger partial charge in [0.15, 0.2) is 5.82 Å². The van der Waals surface area contributed by atoms with Crippen LogP contribution in [0, 0.1) is 0 Å². The third-order valence-electron chi connectivity index (χ3n) is 5.18. The second-order valence-electron chi connectivity index (χ2n) is 7.31. The van der Waals surface area contributed by atoms with Gasteiger partial charge in [-0.05, 0) is 31.2 Å². The first kappa shape index (κ1) is 18.4. The molecule has 8 nitrogen and oxygen atoms in total. The third kappa shape index (κ3) is 3.77. The van der Waals surface area contributed by atoms with Gasteiger partial charge in [0.25, 0.3) is 0 Å². The van der Waals surface area contributed by atoms with Crippen molar-refractivity contribution in [2.75, 3.05) is 36.5 Å². The Morgan fingerprint density at radius 2 is 1.90 bits per heavy atom. The maximum atomic E-state index is 9.93. The summed E-state index contributed by atoms with van der Waals surface area (Å²) in [5.74, 6) is 1.52. The van der Waals surface area contributed by atoms with Crippen LogP contribution in [0.15, 0.2) is 60.8 Å². The summed E-state index contributed by atoms with van der Waals surface area (Å²) < 4.78 is 0. The van der Waals surface area contributed by atoms with E-state index < -0.39 is 0 Å². The predicted octanol–water partition coefficient (Wildman–Crippen LogP) is 2.87. The van der Waals surface area contributed by atoms with E-state index in [1.807, 2.05) is 48.7 Å². The van der Waals surface area contributed by atoms with Gasteiger partial charge in [0.05, 0.1) is 17.4 Å². The monoisotopic (exact) mass is 401 g/mol. The Kier molecular flexibility index (Phi) is 4.90. The minimum absolute atomic E-state index is 0.208. The molecule has 8 heteroatoms. The zero-order valence-corrected chi connectivity index (χ0v) is 16.5. The molecule has 2 aromatic heterocycles. The van der Waals surface area contributed by atoms with Gasteiger partial charge < -0.3 is 15.3 Å². The molecule has 3 N–H and O–H groups in total. The predicted molar refractivity (Wildman–Crippen MR) is 118 cm³/mol. The van der Waals surface area contributed by atoms with E-state index >= 15 is 0 Å². The van der Waals surface area contributed by atoms with Crippen LogP contribution in [0.2, 0.25) is 0 Å². The zero-order chi connectivity index (χ0) is 20.3. The number of anilines is 2. The highest BCUT2D eigenvalue weighted by molar-refractivity contribution is 5.79. The van der Waals surface area contributed by atoms with Gasteiger partial charge in [-0.1, -0.05) is 30.3 Å². The lowest BCUT2D eigenvalue weighted by Gasteiger charge is -2.21. The fourth-order valence-corrected chi connectivity index (χ4v) is 3.66. The molecule has 1 saturated heterocycles. The van der Waals surface area contributed by atoms with Crippen LogP contribution in [0.5, 0.6) is 5.75 Å². The maximum absolute atomic E-state index is 9.93. The van der Waals surface area contributed by atoms with E-state index in [0.29, 0.717) is 11.8 Å². The molecule has 0 aliphatic carbocycles. The molecule has 0 saturated carbocycles. The number of nitrogens with one attached hydrogen (secondary N) is 2.